The maximum Gasteiger partial charge on any atom is 0.155 e. The summed E-state index contributed by atoms with van der Waals surface area (Å²) in [6.45, 7) is -0.954. The Morgan fingerprint density at radius 1 is 1.55 bits per heavy atom. The molecule has 2 aliphatic rings. The van der Waals surface area contributed by atoms with Crippen molar-refractivity contribution in [1.82, 2.24) is 0 Å². The van der Waals surface area contributed by atoms with Gasteiger partial charge in [-0.3, -0.25) is 0 Å². The number of halogens is 3. The molecule has 1 aliphatic carbocycles. The minimum atomic E-state index is -1.33. The van der Waals surface area contributed by atoms with Crippen LogP contribution in [0.2, 0.25) is 0 Å². The topological polar surface area (TPSA) is 58.6 Å². The fourth-order valence-electron chi connectivity index (χ4n) is 2.99. The van der Waals surface area contributed by atoms with Gasteiger partial charge in [0.05, 0.1) is 11.4 Å². The van der Waals surface area contributed by atoms with Gasteiger partial charge in [-0.25, -0.2) is 13.8 Å². The fourth-order valence-corrected chi connectivity index (χ4v) is 4.63. The van der Waals surface area contributed by atoms with Crippen molar-refractivity contribution in [3.05, 3.63) is 34.1 Å². The summed E-state index contributed by atoms with van der Waals surface area (Å²) in [5.41, 5.74) is 4.66. The number of thioether (sulfide) groups is 1. The zero-order chi connectivity index (χ0) is 14.5. The molecule has 1 heterocycles. The first-order valence-electron chi connectivity index (χ1n) is 6.14. The summed E-state index contributed by atoms with van der Waals surface area (Å²) in [6.07, 6.45) is 0.578. The van der Waals surface area contributed by atoms with Crippen molar-refractivity contribution in [1.29, 1.82) is 0 Å². The molecule has 108 valence electrons. The van der Waals surface area contributed by atoms with Crippen molar-refractivity contribution in [3.63, 3.8) is 0 Å². The number of hydrogen-bond acceptors (Lipinski definition) is 4. The van der Waals surface area contributed by atoms with Crippen LogP contribution in [0.5, 0.6) is 0 Å². The molecule has 3 nitrogen and oxygen atoms in total. The number of alkyl halides is 1. The summed E-state index contributed by atoms with van der Waals surface area (Å²) in [5.74, 6) is -0.751. The number of aliphatic hydroxyl groups is 1. The molecule has 3 atom stereocenters. The lowest BCUT2D eigenvalue weighted by molar-refractivity contribution is 0.231. The number of amidine groups is 1. The van der Waals surface area contributed by atoms with Crippen molar-refractivity contribution in [3.8, 4) is 0 Å². The Hall–Kier alpha value is -0.660. The normalized spacial score (nSPS) is 35.4. The highest BCUT2D eigenvalue weighted by molar-refractivity contribution is 9.10. The summed E-state index contributed by atoms with van der Waals surface area (Å²) >= 11 is 4.53. The average molecular weight is 363 g/mol. The van der Waals surface area contributed by atoms with Gasteiger partial charge in [0.15, 0.2) is 5.17 Å². The molecule has 3 N–H and O–H groups in total. The molecule has 20 heavy (non-hydrogen) atoms. The number of aliphatic imine (C=N–C) groups is 1. The van der Waals surface area contributed by atoms with Gasteiger partial charge in [0, 0.05) is 16.0 Å². The third-order valence-corrected chi connectivity index (χ3v) is 5.87. The minimum Gasteiger partial charge on any atom is -0.395 e. The van der Waals surface area contributed by atoms with Gasteiger partial charge in [-0.15, -0.1) is 0 Å². The highest BCUT2D eigenvalue weighted by atomic mass is 79.9. The Morgan fingerprint density at radius 2 is 2.30 bits per heavy atom. The molecule has 0 bridgehead atoms. The predicted molar refractivity (Wildman–Crippen MR) is 78.9 cm³/mol. The van der Waals surface area contributed by atoms with Gasteiger partial charge in [-0.05, 0) is 24.6 Å². The summed E-state index contributed by atoms with van der Waals surface area (Å²) in [7, 11) is 0. The molecule has 1 saturated carbocycles. The van der Waals surface area contributed by atoms with Crippen LogP contribution in [0, 0.1) is 11.7 Å². The Balaban J connectivity index is 2.17. The Bertz CT molecular complexity index is 600. The van der Waals surface area contributed by atoms with Crippen molar-refractivity contribution in [2.24, 2.45) is 16.6 Å². The number of nitrogens with two attached hydrogens (primary N) is 1. The number of hydrogen-bond donors (Lipinski definition) is 2. The molecular formula is C13H13BrF2N2OS. The summed E-state index contributed by atoms with van der Waals surface area (Å²) in [6, 6.07) is 4.39. The van der Waals surface area contributed by atoms with E-state index in [0.29, 0.717) is 10.9 Å². The molecule has 1 aliphatic heterocycles. The van der Waals surface area contributed by atoms with Gasteiger partial charge >= 0.3 is 0 Å². The van der Waals surface area contributed by atoms with E-state index in [1.54, 1.807) is 12.1 Å². The number of benzene rings is 1. The monoisotopic (exact) mass is 362 g/mol. The molecule has 0 radical (unpaired) electrons. The van der Waals surface area contributed by atoms with Crippen LogP contribution in [0.4, 0.5) is 8.78 Å². The lowest BCUT2D eigenvalue weighted by Gasteiger charge is -2.34. The molecular weight excluding hydrogens is 350 g/mol. The zero-order valence-corrected chi connectivity index (χ0v) is 12.8. The molecule has 1 aromatic rings. The van der Waals surface area contributed by atoms with E-state index in [9.17, 15) is 13.9 Å². The van der Waals surface area contributed by atoms with Crippen molar-refractivity contribution in [2.75, 3.05) is 13.3 Å². The molecule has 7 heteroatoms. The quantitative estimate of drug-likeness (QED) is 0.868. The van der Waals surface area contributed by atoms with Crippen LogP contribution in [0.15, 0.2) is 27.7 Å². The van der Waals surface area contributed by atoms with Crippen LogP contribution >= 0.6 is 27.7 Å². The van der Waals surface area contributed by atoms with Gasteiger partial charge < -0.3 is 10.8 Å². The van der Waals surface area contributed by atoms with Crippen LogP contribution < -0.4 is 5.73 Å². The Labute approximate surface area is 127 Å². The molecule has 3 rings (SSSR count). The third-order valence-electron chi connectivity index (χ3n) is 4.08. The largest absolute Gasteiger partial charge is 0.395 e. The SMILES string of the molecule is NC1=N[C@](CF)(c2cc(Br)ccc2F)[C@@H]2C[C@]2(CO)S1. The summed E-state index contributed by atoms with van der Waals surface area (Å²) in [4.78, 5) is 4.23. The van der Waals surface area contributed by atoms with E-state index in [2.05, 4.69) is 20.9 Å². The van der Waals surface area contributed by atoms with E-state index in [1.165, 1.54) is 17.8 Å². The third kappa shape index (κ3) is 1.90. The van der Waals surface area contributed by atoms with Crippen molar-refractivity contribution < 1.29 is 13.9 Å². The number of aliphatic hydroxyl groups excluding tert-OH is 1. The average Bonchev–Trinajstić information content (AvgIpc) is 3.16. The maximum atomic E-state index is 14.2. The number of fused-ring (bicyclic) bond motifs is 1. The van der Waals surface area contributed by atoms with Crippen LogP contribution in [-0.4, -0.2) is 28.3 Å². The maximum absolute atomic E-state index is 14.2. The first-order valence-corrected chi connectivity index (χ1v) is 7.75. The van der Waals surface area contributed by atoms with E-state index >= 15 is 0 Å². The molecule has 0 amide bonds. The van der Waals surface area contributed by atoms with Gasteiger partial charge in [0.1, 0.15) is 18.0 Å². The summed E-state index contributed by atoms with van der Waals surface area (Å²) < 4.78 is 28.2. The second-order valence-corrected chi connectivity index (χ2v) is 7.56. The first-order chi connectivity index (χ1) is 9.47. The summed E-state index contributed by atoms with van der Waals surface area (Å²) in [5, 5.41) is 9.75. The van der Waals surface area contributed by atoms with E-state index in [-0.39, 0.29) is 23.3 Å². The molecule has 0 spiro atoms. The molecule has 0 saturated heterocycles. The highest BCUT2D eigenvalue weighted by Crippen LogP contribution is 2.65. The minimum absolute atomic E-state index is 0.115. The lowest BCUT2D eigenvalue weighted by Crippen LogP contribution is -2.41. The molecule has 0 aromatic heterocycles. The number of nitrogens with zero attached hydrogens (tertiary/aromatic N) is 1. The molecule has 1 fully saturated rings. The predicted octanol–water partition coefficient (Wildman–Crippen LogP) is 2.57. The Kier molecular flexibility index (Phi) is 3.34. The second-order valence-electron chi connectivity index (χ2n) is 5.21. The molecule has 0 unspecified atom stereocenters. The second kappa shape index (κ2) is 4.68. The van der Waals surface area contributed by atoms with Crippen LogP contribution in [0.25, 0.3) is 0 Å². The molecule has 1 aromatic carbocycles. The van der Waals surface area contributed by atoms with Gasteiger partial charge in [0.2, 0.25) is 0 Å². The van der Waals surface area contributed by atoms with E-state index < -0.39 is 22.8 Å². The van der Waals surface area contributed by atoms with Crippen LogP contribution in [0.1, 0.15) is 12.0 Å². The van der Waals surface area contributed by atoms with Gasteiger partial charge in [0.25, 0.3) is 0 Å². The van der Waals surface area contributed by atoms with Crippen LogP contribution in [-0.2, 0) is 5.54 Å². The van der Waals surface area contributed by atoms with Gasteiger partial charge in [-0.1, -0.05) is 27.7 Å². The van der Waals surface area contributed by atoms with Crippen LogP contribution in [0.3, 0.4) is 0 Å². The Morgan fingerprint density at radius 3 is 2.95 bits per heavy atom. The highest BCUT2D eigenvalue weighted by Gasteiger charge is 2.68. The van der Waals surface area contributed by atoms with Crippen molar-refractivity contribution in [2.45, 2.75) is 16.7 Å². The van der Waals surface area contributed by atoms with Crippen molar-refractivity contribution >= 4 is 32.9 Å². The standard InChI is InChI=1S/C13H13BrF2N2OS/c14-7-1-2-9(16)8(3-7)13(5-15)10-4-12(10,6-19)20-11(17)18-13/h1-3,10,19H,4-6H2,(H2,17,18)/t10-,12-,13-/m1/s1. The lowest BCUT2D eigenvalue weighted by atomic mass is 9.85. The first kappa shape index (κ1) is 14.3. The smallest absolute Gasteiger partial charge is 0.155 e. The van der Waals surface area contributed by atoms with Gasteiger partial charge in [-0.2, -0.15) is 0 Å². The fraction of sp³-hybridized carbons (Fsp3) is 0.462. The zero-order valence-electron chi connectivity index (χ0n) is 10.4. The van der Waals surface area contributed by atoms with E-state index in [4.69, 9.17) is 5.73 Å². The number of rotatable bonds is 3. The van der Waals surface area contributed by atoms with E-state index in [0.717, 1.165) is 0 Å². The van der Waals surface area contributed by atoms with E-state index in [1.807, 2.05) is 0 Å².